The predicted molar refractivity (Wildman–Crippen MR) is 76.8 cm³/mol. The lowest BCUT2D eigenvalue weighted by Gasteiger charge is -2.01. The van der Waals surface area contributed by atoms with Gasteiger partial charge in [0.25, 0.3) is 5.91 Å². The summed E-state index contributed by atoms with van der Waals surface area (Å²) in [6.45, 7) is 2.14. The molecule has 0 bridgehead atoms. The number of amides is 1. The maximum atomic E-state index is 13.3. The van der Waals surface area contributed by atoms with Crippen LogP contribution in [-0.4, -0.2) is 12.5 Å². The van der Waals surface area contributed by atoms with Crippen LogP contribution in [0.25, 0.3) is 0 Å². The van der Waals surface area contributed by atoms with Gasteiger partial charge in [0, 0.05) is 5.56 Å². The molecule has 0 aliphatic rings. The number of carbonyl (C=O) groups excluding carboxylic acids is 1. The summed E-state index contributed by atoms with van der Waals surface area (Å²) in [6, 6.07) is 13.6. The number of aryl methyl sites for hydroxylation is 1. The van der Waals surface area contributed by atoms with Gasteiger partial charge < -0.3 is 5.32 Å². The Hall–Kier alpha value is -2.60. The van der Waals surface area contributed by atoms with Crippen molar-refractivity contribution in [1.29, 1.82) is 0 Å². The van der Waals surface area contributed by atoms with E-state index in [0.717, 1.165) is 5.56 Å². The van der Waals surface area contributed by atoms with Crippen molar-refractivity contribution in [1.82, 2.24) is 5.32 Å². The van der Waals surface area contributed by atoms with E-state index in [1.54, 1.807) is 30.3 Å². The van der Waals surface area contributed by atoms with Crippen LogP contribution in [0.15, 0.2) is 48.5 Å². The molecule has 0 aliphatic heterocycles. The fourth-order valence-corrected chi connectivity index (χ4v) is 1.63. The van der Waals surface area contributed by atoms with E-state index in [-0.39, 0.29) is 18.3 Å². The number of hydrogen-bond donors (Lipinski definition) is 1. The molecule has 3 heteroatoms. The lowest BCUT2D eigenvalue weighted by atomic mass is 10.1. The molecule has 0 radical (unpaired) electrons. The third-order valence-corrected chi connectivity index (χ3v) is 2.75. The van der Waals surface area contributed by atoms with E-state index in [9.17, 15) is 9.18 Å². The summed E-state index contributed by atoms with van der Waals surface area (Å²) in [5.41, 5.74) is 2.02. The molecule has 1 amide bonds. The van der Waals surface area contributed by atoms with Crippen LogP contribution in [0.2, 0.25) is 0 Å². The number of benzene rings is 2. The van der Waals surface area contributed by atoms with Gasteiger partial charge in [-0.1, -0.05) is 41.7 Å². The minimum atomic E-state index is -0.357. The minimum Gasteiger partial charge on any atom is -0.341 e. The van der Waals surface area contributed by atoms with Gasteiger partial charge in [-0.2, -0.15) is 0 Å². The molecule has 0 heterocycles. The number of rotatable bonds is 2. The molecular formula is C17H14FNO. The Morgan fingerprint density at radius 3 is 2.55 bits per heavy atom. The molecule has 2 nitrogen and oxygen atoms in total. The van der Waals surface area contributed by atoms with Crippen molar-refractivity contribution in [2.45, 2.75) is 6.92 Å². The molecule has 0 saturated heterocycles. The molecule has 0 unspecified atom stereocenters. The van der Waals surface area contributed by atoms with Gasteiger partial charge in [0.15, 0.2) is 0 Å². The monoisotopic (exact) mass is 267 g/mol. The highest BCUT2D eigenvalue weighted by Gasteiger charge is 2.02. The van der Waals surface area contributed by atoms with Crippen molar-refractivity contribution in [3.8, 4) is 11.8 Å². The summed E-state index contributed by atoms with van der Waals surface area (Å²) in [5, 5.41) is 2.67. The molecule has 2 rings (SSSR count). The Bertz CT molecular complexity index is 665. The molecule has 2 aromatic carbocycles. The second-order valence-electron chi connectivity index (χ2n) is 4.33. The standard InChI is InChI=1S/C17H14FNO/c1-13-8-10-15(11-9-13)17(20)19-12-4-6-14-5-2-3-7-16(14)18/h2-3,5,7-11H,12H2,1H3,(H,19,20). The van der Waals surface area contributed by atoms with Crippen LogP contribution in [-0.2, 0) is 0 Å². The van der Waals surface area contributed by atoms with Crippen LogP contribution in [0.5, 0.6) is 0 Å². The van der Waals surface area contributed by atoms with Gasteiger partial charge in [-0.25, -0.2) is 4.39 Å². The third-order valence-electron chi connectivity index (χ3n) is 2.75. The normalized spacial score (nSPS) is 9.50. The largest absolute Gasteiger partial charge is 0.341 e. The molecule has 20 heavy (non-hydrogen) atoms. The fourth-order valence-electron chi connectivity index (χ4n) is 1.63. The summed E-state index contributed by atoms with van der Waals surface area (Å²) in [7, 11) is 0. The summed E-state index contributed by atoms with van der Waals surface area (Å²) < 4.78 is 13.3. The van der Waals surface area contributed by atoms with Gasteiger partial charge in [-0.15, -0.1) is 0 Å². The third kappa shape index (κ3) is 3.69. The molecule has 0 atom stereocenters. The Morgan fingerprint density at radius 1 is 1.15 bits per heavy atom. The van der Waals surface area contributed by atoms with Crippen molar-refractivity contribution < 1.29 is 9.18 Å². The first-order chi connectivity index (χ1) is 9.66. The molecule has 0 saturated carbocycles. The van der Waals surface area contributed by atoms with Crippen molar-refractivity contribution in [3.63, 3.8) is 0 Å². The highest BCUT2D eigenvalue weighted by atomic mass is 19.1. The summed E-state index contributed by atoms with van der Waals surface area (Å²) in [5.74, 6) is 4.88. The molecule has 2 aromatic rings. The Kier molecular flexibility index (Phi) is 4.52. The fraction of sp³-hybridized carbons (Fsp3) is 0.118. The van der Waals surface area contributed by atoms with Crippen LogP contribution >= 0.6 is 0 Å². The molecular weight excluding hydrogens is 253 g/mol. The lowest BCUT2D eigenvalue weighted by molar-refractivity contribution is 0.0958. The highest BCUT2D eigenvalue weighted by molar-refractivity contribution is 5.94. The van der Waals surface area contributed by atoms with Crippen LogP contribution in [0.4, 0.5) is 4.39 Å². The zero-order valence-electron chi connectivity index (χ0n) is 11.1. The smallest absolute Gasteiger partial charge is 0.252 e. The maximum absolute atomic E-state index is 13.3. The van der Waals surface area contributed by atoms with E-state index in [0.29, 0.717) is 11.1 Å². The summed E-state index contributed by atoms with van der Waals surface area (Å²) in [4.78, 5) is 11.8. The van der Waals surface area contributed by atoms with Gasteiger partial charge in [0.05, 0.1) is 12.1 Å². The first kappa shape index (κ1) is 13.8. The van der Waals surface area contributed by atoms with Gasteiger partial charge in [-0.05, 0) is 31.2 Å². The molecule has 100 valence electrons. The number of halogens is 1. The zero-order valence-corrected chi connectivity index (χ0v) is 11.1. The van der Waals surface area contributed by atoms with Crippen molar-refractivity contribution in [2.24, 2.45) is 0 Å². The lowest BCUT2D eigenvalue weighted by Crippen LogP contribution is -2.23. The van der Waals surface area contributed by atoms with Crippen LogP contribution in [0.1, 0.15) is 21.5 Å². The first-order valence-electron chi connectivity index (χ1n) is 6.25. The SMILES string of the molecule is Cc1ccc(C(=O)NCC#Cc2ccccc2F)cc1. The van der Waals surface area contributed by atoms with Gasteiger partial charge >= 0.3 is 0 Å². The predicted octanol–water partition coefficient (Wildman–Crippen LogP) is 2.92. The van der Waals surface area contributed by atoms with Crippen molar-refractivity contribution in [2.75, 3.05) is 6.54 Å². The van der Waals surface area contributed by atoms with E-state index in [4.69, 9.17) is 0 Å². The van der Waals surface area contributed by atoms with E-state index in [1.807, 2.05) is 19.1 Å². The van der Waals surface area contributed by atoms with Crippen molar-refractivity contribution >= 4 is 5.91 Å². The van der Waals surface area contributed by atoms with E-state index in [1.165, 1.54) is 6.07 Å². The van der Waals surface area contributed by atoms with Gasteiger partial charge in [0.1, 0.15) is 5.82 Å². The molecule has 0 aliphatic carbocycles. The quantitative estimate of drug-likeness (QED) is 0.833. The molecule has 0 aromatic heterocycles. The molecule has 0 fully saturated rings. The van der Waals surface area contributed by atoms with E-state index in [2.05, 4.69) is 17.2 Å². The van der Waals surface area contributed by atoms with Crippen LogP contribution in [0.3, 0.4) is 0 Å². The average Bonchev–Trinajstić information content (AvgIpc) is 2.46. The Balaban J connectivity index is 1.92. The second-order valence-corrected chi connectivity index (χ2v) is 4.33. The van der Waals surface area contributed by atoms with Crippen LogP contribution in [0, 0.1) is 24.6 Å². The van der Waals surface area contributed by atoms with E-state index < -0.39 is 0 Å². The van der Waals surface area contributed by atoms with Gasteiger partial charge in [-0.3, -0.25) is 4.79 Å². The maximum Gasteiger partial charge on any atom is 0.252 e. The highest BCUT2D eigenvalue weighted by Crippen LogP contribution is 2.04. The number of carbonyl (C=O) groups is 1. The topological polar surface area (TPSA) is 29.1 Å². The van der Waals surface area contributed by atoms with Crippen molar-refractivity contribution in [3.05, 3.63) is 71.0 Å². The molecule has 0 spiro atoms. The Morgan fingerprint density at radius 2 is 1.85 bits per heavy atom. The first-order valence-corrected chi connectivity index (χ1v) is 6.25. The average molecular weight is 267 g/mol. The summed E-state index contributed by atoms with van der Waals surface area (Å²) >= 11 is 0. The Labute approximate surface area is 117 Å². The number of hydrogen-bond acceptors (Lipinski definition) is 1. The zero-order chi connectivity index (χ0) is 14.4. The van der Waals surface area contributed by atoms with E-state index >= 15 is 0 Å². The minimum absolute atomic E-state index is 0.182. The molecule has 1 N–H and O–H groups in total. The van der Waals surface area contributed by atoms with Crippen LogP contribution < -0.4 is 5.32 Å². The van der Waals surface area contributed by atoms with Gasteiger partial charge in [0.2, 0.25) is 0 Å². The number of nitrogens with one attached hydrogen (secondary N) is 1. The second kappa shape index (κ2) is 6.53. The summed E-state index contributed by atoms with van der Waals surface area (Å²) in [6.07, 6.45) is 0.